The molecule has 0 unspecified atom stereocenters. The van der Waals surface area contributed by atoms with Crippen molar-refractivity contribution < 1.29 is 14.4 Å². The number of amides is 3. The number of carbonyl (C=O) groups is 3. The van der Waals surface area contributed by atoms with Gasteiger partial charge in [0, 0.05) is 18.2 Å². The van der Waals surface area contributed by atoms with Crippen molar-refractivity contribution in [2.24, 2.45) is 0 Å². The second-order valence-corrected chi connectivity index (χ2v) is 8.59. The molecule has 1 saturated carbocycles. The van der Waals surface area contributed by atoms with Crippen molar-refractivity contribution in [3.63, 3.8) is 0 Å². The Bertz CT molecular complexity index is 1160. The highest BCUT2D eigenvalue weighted by atomic mass is 16.2. The summed E-state index contributed by atoms with van der Waals surface area (Å²) in [6, 6.07) is 22.7. The number of benzene rings is 3. The summed E-state index contributed by atoms with van der Waals surface area (Å²) in [5.74, 6) is -0.534. The second-order valence-electron chi connectivity index (χ2n) is 8.59. The summed E-state index contributed by atoms with van der Waals surface area (Å²) in [4.78, 5) is 41.6. The van der Waals surface area contributed by atoms with E-state index < -0.39 is 0 Å². The van der Waals surface area contributed by atoms with Crippen molar-refractivity contribution in [1.29, 1.82) is 0 Å². The summed E-state index contributed by atoms with van der Waals surface area (Å²) in [5.41, 5.74) is 4.65. The predicted octanol–water partition coefficient (Wildman–Crippen LogP) is 4.60. The van der Waals surface area contributed by atoms with E-state index in [4.69, 9.17) is 0 Å². The minimum Gasteiger partial charge on any atom is -0.331 e. The highest BCUT2D eigenvalue weighted by molar-refractivity contribution is 6.21. The molecular weight excluding hydrogens is 400 g/mol. The van der Waals surface area contributed by atoms with Gasteiger partial charge in [0.05, 0.1) is 17.7 Å². The molecule has 0 spiro atoms. The molecule has 0 saturated heterocycles. The van der Waals surface area contributed by atoms with E-state index in [1.807, 2.05) is 17.0 Å². The first-order chi connectivity index (χ1) is 15.5. The molecule has 1 fully saturated rings. The lowest BCUT2D eigenvalue weighted by Gasteiger charge is -2.23. The maximum Gasteiger partial charge on any atom is 0.261 e. The van der Waals surface area contributed by atoms with Gasteiger partial charge in [0.1, 0.15) is 0 Å². The maximum absolute atomic E-state index is 13.2. The Balaban J connectivity index is 1.30. The molecule has 5 rings (SSSR count). The third kappa shape index (κ3) is 3.82. The van der Waals surface area contributed by atoms with Crippen LogP contribution < -0.4 is 0 Å². The van der Waals surface area contributed by atoms with Gasteiger partial charge in [0.25, 0.3) is 17.7 Å². The summed E-state index contributed by atoms with van der Waals surface area (Å²) in [7, 11) is 0. The van der Waals surface area contributed by atoms with Gasteiger partial charge >= 0.3 is 0 Å². The lowest BCUT2D eigenvalue weighted by atomic mass is 10.1. The van der Waals surface area contributed by atoms with Gasteiger partial charge in [-0.15, -0.1) is 0 Å². The molecule has 1 aliphatic carbocycles. The number of hydrogen-bond donors (Lipinski definition) is 0. The minimum absolute atomic E-state index is 0.0142. The largest absolute Gasteiger partial charge is 0.331 e. The zero-order valence-electron chi connectivity index (χ0n) is 18.0. The Kier molecular flexibility index (Phi) is 5.10. The summed E-state index contributed by atoms with van der Waals surface area (Å²) in [6.45, 7) is 2.84. The molecule has 5 heteroatoms. The van der Waals surface area contributed by atoms with Gasteiger partial charge in [-0.3, -0.25) is 19.3 Å². The third-order valence-electron chi connectivity index (χ3n) is 6.14. The maximum atomic E-state index is 13.2. The van der Waals surface area contributed by atoms with Gasteiger partial charge in [-0.2, -0.15) is 0 Å². The van der Waals surface area contributed by atoms with Gasteiger partial charge in [-0.05, 0) is 55.2 Å². The van der Waals surface area contributed by atoms with E-state index in [1.54, 1.807) is 36.4 Å². The molecule has 0 N–H and O–H groups in total. The van der Waals surface area contributed by atoms with Crippen LogP contribution in [0.2, 0.25) is 0 Å². The van der Waals surface area contributed by atoms with Crippen molar-refractivity contribution in [2.45, 2.75) is 38.9 Å². The topological polar surface area (TPSA) is 57.7 Å². The van der Waals surface area contributed by atoms with Crippen molar-refractivity contribution in [3.8, 4) is 0 Å². The molecule has 5 nitrogen and oxygen atoms in total. The normalized spacial score (nSPS) is 15.1. The molecule has 3 aromatic carbocycles. The molecule has 2 aliphatic rings. The lowest BCUT2D eigenvalue weighted by Crippen LogP contribution is -2.32. The van der Waals surface area contributed by atoms with Crippen LogP contribution in [0.4, 0.5) is 0 Å². The molecule has 160 valence electrons. The van der Waals surface area contributed by atoms with Gasteiger partial charge in [0.15, 0.2) is 0 Å². The SMILES string of the molecule is Cc1ccc(CN(C(=O)c2ccc(CN3C(=O)c4ccccc4C3=O)cc2)C2CC2)cc1. The number of rotatable bonds is 6. The van der Waals surface area contributed by atoms with Crippen LogP contribution in [0.3, 0.4) is 0 Å². The summed E-state index contributed by atoms with van der Waals surface area (Å²) < 4.78 is 0. The molecule has 0 atom stereocenters. The van der Waals surface area contributed by atoms with Crippen molar-refractivity contribution >= 4 is 17.7 Å². The van der Waals surface area contributed by atoms with Crippen LogP contribution >= 0.6 is 0 Å². The first-order valence-corrected chi connectivity index (χ1v) is 10.9. The minimum atomic E-state index is -0.274. The number of imide groups is 1. The van der Waals surface area contributed by atoms with Crippen LogP contribution in [0.5, 0.6) is 0 Å². The third-order valence-corrected chi connectivity index (χ3v) is 6.14. The molecule has 3 aromatic rings. The Hall–Kier alpha value is -3.73. The number of hydrogen-bond acceptors (Lipinski definition) is 3. The van der Waals surface area contributed by atoms with Crippen molar-refractivity contribution in [3.05, 3.63) is 106 Å². The van der Waals surface area contributed by atoms with Gasteiger partial charge < -0.3 is 4.90 Å². The Labute approximate surface area is 187 Å². The fraction of sp³-hybridized carbons (Fsp3) is 0.222. The molecule has 1 aliphatic heterocycles. The molecular formula is C27H24N2O3. The van der Waals surface area contributed by atoms with E-state index in [9.17, 15) is 14.4 Å². The van der Waals surface area contributed by atoms with Crippen molar-refractivity contribution in [1.82, 2.24) is 9.80 Å². The predicted molar refractivity (Wildman–Crippen MR) is 121 cm³/mol. The van der Waals surface area contributed by atoms with E-state index in [2.05, 4.69) is 31.2 Å². The standard InChI is InChI=1S/C27H24N2O3/c1-18-6-8-19(9-7-18)16-28(22-14-15-22)25(30)21-12-10-20(11-13-21)17-29-26(31)23-4-2-3-5-24(23)27(29)32/h2-13,22H,14-17H2,1H3. The van der Waals surface area contributed by atoms with Crippen LogP contribution in [-0.2, 0) is 13.1 Å². The van der Waals surface area contributed by atoms with E-state index >= 15 is 0 Å². The first kappa shape index (κ1) is 20.2. The molecule has 0 aromatic heterocycles. The average Bonchev–Trinajstić information content (AvgIpc) is 3.63. The lowest BCUT2D eigenvalue weighted by molar-refractivity contribution is 0.0640. The van der Waals surface area contributed by atoms with Gasteiger partial charge in [0.2, 0.25) is 0 Å². The first-order valence-electron chi connectivity index (χ1n) is 10.9. The highest BCUT2D eigenvalue weighted by Gasteiger charge is 2.35. The van der Waals surface area contributed by atoms with E-state index in [1.165, 1.54) is 10.5 Å². The fourth-order valence-electron chi connectivity index (χ4n) is 4.13. The van der Waals surface area contributed by atoms with Crippen LogP contribution in [0, 0.1) is 6.92 Å². The van der Waals surface area contributed by atoms with E-state index in [0.29, 0.717) is 29.3 Å². The average molecular weight is 425 g/mol. The van der Waals surface area contributed by atoms with Crippen LogP contribution in [-0.4, -0.2) is 33.6 Å². The van der Waals surface area contributed by atoms with Crippen molar-refractivity contribution in [2.75, 3.05) is 0 Å². The molecule has 32 heavy (non-hydrogen) atoms. The Morgan fingerprint density at radius 3 is 1.97 bits per heavy atom. The van der Waals surface area contributed by atoms with Gasteiger partial charge in [-0.1, -0.05) is 54.1 Å². The smallest absolute Gasteiger partial charge is 0.261 e. The quantitative estimate of drug-likeness (QED) is 0.544. The number of carbonyl (C=O) groups excluding carboxylic acids is 3. The van der Waals surface area contributed by atoms with Crippen LogP contribution in [0.25, 0.3) is 0 Å². The second kappa shape index (κ2) is 8.08. The molecule has 0 bridgehead atoms. The Morgan fingerprint density at radius 1 is 0.844 bits per heavy atom. The summed E-state index contributed by atoms with van der Waals surface area (Å²) in [6.07, 6.45) is 2.07. The summed E-state index contributed by atoms with van der Waals surface area (Å²) >= 11 is 0. The van der Waals surface area contributed by atoms with E-state index in [-0.39, 0.29) is 24.3 Å². The molecule has 0 radical (unpaired) electrons. The Morgan fingerprint density at radius 2 is 1.41 bits per heavy atom. The van der Waals surface area contributed by atoms with Crippen LogP contribution in [0.15, 0.2) is 72.8 Å². The number of nitrogens with zero attached hydrogens (tertiary/aromatic N) is 2. The highest BCUT2D eigenvalue weighted by Crippen LogP contribution is 2.30. The van der Waals surface area contributed by atoms with E-state index in [0.717, 1.165) is 24.0 Å². The molecule has 1 heterocycles. The van der Waals surface area contributed by atoms with Gasteiger partial charge in [-0.25, -0.2) is 0 Å². The summed E-state index contributed by atoms with van der Waals surface area (Å²) in [5, 5.41) is 0. The van der Waals surface area contributed by atoms with Crippen LogP contribution in [0.1, 0.15) is 60.6 Å². The monoisotopic (exact) mass is 424 g/mol. The molecule has 3 amide bonds. The zero-order chi connectivity index (χ0) is 22.2. The zero-order valence-corrected chi connectivity index (χ0v) is 18.0. The number of fused-ring (bicyclic) bond motifs is 1. The number of aryl methyl sites for hydroxylation is 1. The fourth-order valence-corrected chi connectivity index (χ4v) is 4.13.